The van der Waals surface area contributed by atoms with Crippen LogP contribution in [0.15, 0.2) is 24.3 Å². The molecule has 0 aromatic heterocycles. The Kier molecular flexibility index (Phi) is 11.4. The minimum Gasteiger partial charge on any atom is -0.872 e. The van der Waals surface area contributed by atoms with Gasteiger partial charge in [-0.2, -0.15) is 0 Å². The van der Waals surface area contributed by atoms with Crippen LogP contribution in [-0.4, -0.2) is 29.4 Å². The Morgan fingerprint density at radius 3 is 2.05 bits per heavy atom. The second kappa shape index (κ2) is 11.1. The molecule has 0 bridgehead atoms. The summed E-state index contributed by atoms with van der Waals surface area (Å²) in [4.78, 5) is 30.2. The fraction of sp³-hybridized carbons (Fsp3) is 0.250. The van der Waals surface area contributed by atoms with Crippen LogP contribution in [-0.2, 0) is 29.1 Å². The van der Waals surface area contributed by atoms with Crippen LogP contribution in [0.25, 0.3) is 0 Å². The van der Waals surface area contributed by atoms with Crippen LogP contribution in [0.4, 0.5) is 0 Å². The van der Waals surface area contributed by atoms with Gasteiger partial charge in [0.1, 0.15) is 5.78 Å². The van der Waals surface area contributed by atoms with E-state index in [1.807, 2.05) is 0 Å². The summed E-state index contributed by atoms with van der Waals surface area (Å²) in [7, 11) is 0. The molecule has 0 aliphatic rings. The van der Waals surface area contributed by atoms with E-state index in [4.69, 9.17) is 10.8 Å². The SMILES string of the molecule is NCC(=O)CCC(=O)[O-].O=C(O)c1ccccc1[O-].[Zn+2]. The van der Waals surface area contributed by atoms with E-state index in [-0.39, 0.29) is 50.2 Å². The van der Waals surface area contributed by atoms with E-state index >= 15 is 0 Å². The van der Waals surface area contributed by atoms with Gasteiger partial charge in [0.15, 0.2) is 0 Å². The maximum atomic E-state index is 10.7. The fourth-order valence-corrected chi connectivity index (χ4v) is 0.987. The fourth-order valence-electron chi connectivity index (χ4n) is 0.987. The average Bonchev–Trinajstić information content (AvgIpc) is 2.36. The van der Waals surface area contributed by atoms with E-state index in [0.29, 0.717) is 0 Å². The number of benzene rings is 1. The molecular weight excluding hydrogens is 320 g/mol. The summed E-state index contributed by atoms with van der Waals surface area (Å²) in [6.45, 7) is -0.0900. The average molecular weight is 333 g/mol. The zero-order valence-electron chi connectivity index (χ0n) is 10.7. The third-order valence-corrected chi connectivity index (χ3v) is 1.95. The molecule has 0 atom stereocenters. The summed E-state index contributed by atoms with van der Waals surface area (Å²) in [6, 6.07) is 5.54. The third kappa shape index (κ3) is 9.18. The Morgan fingerprint density at radius 1 is 1.15 bits per heavy atom. The summed E-state index contributed by atoms with van der Waals surface area (Å²) in [5.74, 6) is -3.09. The molecule has 0 saturated heterocycles. The second-order valence-electron chi connectivity index (χ2n) is 3.42. The summed E-state index contributed by atoms with van der Waals surface area (Å²) < 4.78 is 0. The molecule has 104 valence electrons. The molecule has 3 N–H and O–H groups in total. The Morgan fingerprint density at radius 2 is 1.70 bits per heavy atom. The van der Waals surface area contributed by atoms with E-state index in [1.54, 1.807) is 0 Å². The first-order valence-corrected chi connectivity index (χ1v) is 5.29. The second-order valence-corrected chi connectivity index (χ2v) is 3.42. The predicted molar refractivity (Wildman–Crippen MR) is 61.1 cm³/mol. The van der Waals surface area contributed by atoms with E-state index in [1.165, 1.54) is 24.3 Å². The molecule has 0 aliphatic carbocycles. The van der Waals surface area contributed by atoms with Crippen molar-refractivity contribution in [2.75, 3.05) is 6.54 Å². The normalized spacial score (nSPS) is 8.65. The molecule has 0 aliphatic heterocycles. The number of carbonyl (C=O) groups is 3. The standard InChI is InChI=1S/C7H6O3.C5H9NO3.Zn/c8-6-4-2-1-3-5(6)7(9)10;6-3-4(7)1-2-5(8)9;/h1-4,8H,(H,9,10);1-3,6H2,(H,8,9);/q;;+2/p-2. The molecule has 1 rings (SSSR count). The van der Waals surface area contributed by atoms with Gasteiger partial charge in [0.25, 0.3) is 0 Å². The monoisotopic (exact) mass is 331 g/mol. The van der Waals surface area contributed by atoms with Gasteiger partial charge >= 0.3 is 25.4 Å². The molecule has 0 fully saturated rings. The molecule has 8 heteroatoms. The number of carboxylic acids is 2. The number of para-hydroxylation sites is 1. The molecule has 0 heterocycles. The summed E-state index contributed by atoms with van der Waals surface area (Å²) in [5, 5.41) is 28.8. The Hall–Kier alpha value is -1.79. The number of aliphatic carboxylic acids is 1. The van der Waals surface area contributed by atoms with Crippen LogP contribution >= 0.6 is 0 Å². The number of rotatable bonds is 5. The molecule has 0 spiro atoms. The van der Waals surface area contributed by atoms with Crippen LogP contribution in [0.1, 0.15) is 23.2 Å². The van der Waals surface area contributed by atoms with Crippen LogP contribution in [0, 0.1) is 0 Å². The molecule has 0 amide bonds. The van der Waals surface area contributed by atoms with Gasteiger partial charge in [-0.05, 0) is 12.5 Å². The van der Waals surface area contributed by atoms with Crippen LogP contribution in [0.5, 0.6) is 5.75 Å². The summed E-state index contributed by atoms with van der Waals surface area (Å²) in [6.07, 6.45) is -0.241. The van der Waals surface area contributed by atoms with Crippen molar-refractivity contribution >= 4 is 17.7 Å². The third-order valence-electron chi connectivity index (χ3n) is 1.95. The van der Waals surface area contributed by atoms with Crippen molar-refractivity contribution in [3.8, 4) is 5.75 Å². The molecule has 20 heavy (non-hydrogen) atoms. The number of carbonyl (C=O) groups excluding carboxylic acids is 2. The minimum atomic E-state index is -1.21. The van der Waals surface area contributed by atoms with E-state index in [9.17, 15) is 24.6 Å². The Balaban J connectivity index is 0. The number of ketones is 1. The summed E-state index contributed by atoms with van der Waals surface area (Å²) >= 11 is 0. The number of hydrogen-bond donors (Lipinski definition) is 2. The molecule has 1 aromatic rings. The van der Waals surface area contributed by atoms with Crippen molar-refractivity contribution in [3.05, 3.63) is 29.8 Å². The first kappa shape index (κ1) is 20.5. The summed E-state index contributed by atoms with van der Waals surface area (Å²) in [5.41, 5.74) is 4.72. The number of hydrogen-bond acceptors (Lipinski definition) is 6. The topological polar surface area (TPSA) is 144 Å². The largest absolute Gasteiger partial charge is 2.00 e. The van der Waals surface area contributed by atoms with E-state index < -0.39 is 17.7 Å². The first-order chi connectivity index (χ1) is 8.88. The smallest absolute Gasteiger partial charge is 0.872 e. The van der Waals surface area contributed by atoms with E-state index in [0.717, 1.165) is 0 Å². The van der Waals surface area contributed by atoms with Gasteiger partial charge < -0.3 is 25.8 Å². The van der Waals surface area contributed by atoms with Crippen molar-refractivity contribution in [3.63, 3.8) is 0 Å². The maximum absolute atomic E-state index is 10.7. The number of carboxylic acid groups (broad SMARTS) is 2. The van der Waals surface area contributed by atoms with Crippen molar-refractivity contribution in [2.45, 2.75) is 12.8 Å². The minimum absolute atomic E-state index is 0. The van der Waals surface area contributed by atoms with E-state index in [2.05, 4.69) is 0 Å². The number of nitrogens with two attached hydrogens (primary N) is 1. The van der Waals surface area contributed by atoms with Gasteiger partial charge in [-0.3, -0.25) is 4.79 Å². The molecule has 1 aromatic carbocycles. The number of aromatic carboxylic acids is 1. The number of Topliss-reactive ketones (excluding diaryl/α,β-unsaturated/α-hetero) is 1. The first-order valence-electron chi connectivity index (χ1n) is 5.29. The maximum Gasteiger partial charge on any atom is 2.00 e. The van der Waals surface area contributed by atoms with Gasteiger partial charge in [0.05, 0.1) is 12.1 Å². The molecule has 0 saturated carbocycles. The van der Waals surface area contributed by atoms with Crippen molar-refractivity contribution < 1.29 is 49.2 Å². The van der Waals surface area contributed by atoms with Gasteiger partial charge in [-0.25, -0.2) is 4.79 Å². The van der Waals surface area contributed by atoms with Crippen LogP contribution < -0.4 is 15.9 Å². The molecule has 0 radical (unpaired) electrons. The molecular formula is C12H13NO6Zn. The Bertz CT molecular complexity index is 463. The molecule has 0 unspecified atom stereocenters. The van der Waals surface area contributed by atoms with Crippen molar-refractivity contribution in [2.24, 2.45) is 5.73 Å². The Labute approximate surface area is 128 Å². The van der Waals surface area contributed by atoms with Gasteiger partial charge in [0.2, 0.25) is 0 Å². The zero-order chi connectivity index (χ0) is 14.8. The van der Waals surface area contributed by atoms with Crippen molar-refractivity contribution in [1.29, 1.82) is 0 Å². The van der Waals surface area contributed by atoms with Crippen LogP contribution in [0.2, 0.25) is 0 Å². The van der Waals surface area contributed by atoms with Crippen LogP contribution in [0.3, 0.4) is 0 Å². The van der Waals surface area contributed by atoms with Gasteiger partial charge in [-0.1, -0.05) is 23.9 Å². The molecule has 7 nitrogen and oxygen atoms in total. The quantitative estimate of drug-likeness (QED) is 0.624. The zero-order valence-corrected chi connectivity index (χ0v) is 13.7. The van der Waals surface area contributed by atoms with Gasteiger partial charge in [0, 0.05) is 12.4 Å². The van der Waals surface area contributed by atoms with Gasteiger partial charge in [-0.15, -0.1) is 0 Å². The van der Waals surface area contributed by atoms with Crippen molar-refractivity contribution in [1.82, 2.24) is 0 Å². The predicted octanol–water partition coefficient (Wildman–Crippen LogP) is -1.50.